The summed E-state index contributed by atoms with van der Waals surface area (Å²) in [4.78, 5) is 1.96. The average molecular weight is 148 g/mol. The van der Waals surface area contributed by atoms with Crippen LogP contribution in [0.25, 0.3) is 0 Å². The van der Waals surface area contributed by atoms with Crippen LogP contribution in [0.15, 0.2) is 11.5 Å². The van der Waals surface area contributed by atoms with Gasteiger partial charge in [0.25, 0.3) is 0 Å². The van der Waals surface area contributed by atoms with Crippen LogP contribution in [0.1, 0.15) is 0 Å². The Morgan fingerprint density at radius 2 is 2.22 bits per heavy atom. The third-order valence-electron chi connectivity index (χ3n) is 0.701. The smallest absolute Gasteiger partial charge is 0.114 e. The minimum Gasteiger partial charge on any atom is -0.306 e. The molecule has 3 nitrogen and oxygen atoms in total. The Kier molecular flexibility index (Phi) is 4.57. The molecule has 0 rings (SSSR count). The Bertz CT molecular complexity index is 122. The van der Waals surface area contributed by atoms with Gasteiger partial charge in [0.05, 0.1) is 0 Å². The molecule has 1 atom stereocenters. The molecular formula is C5H12N2OS. The number of hydrogen-bond donors (Lipinski definition) is 1. The Hall–Kier alpha value is -0.190. The summed E-state index contributed by atoms with van der Waals surface area (Å²) in [7, 11) is 2.58. The molecule has 0 fully saturated rings. The molecule has 0 aliphatic rings. The van der Waals surface area contributed by atoms with Crippen molar-refractivity contribution in [1.82, 2.24) is 4.90 Å². The summed E-state index contributed by atoms with van der Waals surface area (Å²) in [6.07, 6.45) is 1.77. The minimum absolute atomic E-state index is 0.781. The number of nitrogens with two attached hydrogens (primary N) is 1. The van der Waals surface area contributed by atoms with E-state index in [1.807, 2.05) is 19.0 Å². The first kappa shape index (κ1) is 8.81. The molecule has 0 aromatic carbocycles. The highest BCUT2D eigenvalue weighted by Gasteiger charge is 1.82. The molecule has 0 radical (unpaired) electrons. The van der Waals surface area contributed by atoms with Crippen LogP contribution in [-0.4, -0.2) is 29.7 Å². The number of likely N-dealkylation sites (N-methyl/N-ethyl adjacent to an activating group) is 1. The molecule has 54 valence electrons. The second-order valence-corrected chi connectivity index (χ2v) is 2.89. The van der Waals surface area contributed by atoms with E-state index in [1.54, 1.807) is 6.08 Å². The molecule has 0 amide bonds. The van der Waals surface area contributed by atoms with Gasteiger partial charge in [-0.05, 0) is 14.1 Å². The van der Waals surface area contributed by atoms with Crippen molar-refractivity contribution in [2.45, 2.75) is 0 Å². The number of nitrogens with zero attached hydrogens (tertiary/aromatic N) is 1. The lowest BCUT2D eigenvalue weighted by molar-refractivity contribution is 0.456. The highest BCUT2D eigenvalue weighted by atomic mass is 32.2. The molecule has 2 N–H and O–H groups in total. The zero-order chi connectivity index (χ0) is 7.28. The summed E-state index contributed by atoms with van der Waals surface area (Å²) in [5, 5.41) is 6.42. The average Bonchev–Trinajstić information content (AvgIpc) is 1.63. The van der Waals surface area contributed by atoms with Crippen LogP contribution >= 0.6 is 0 Å². The lowest BCUT2D eigenvalue weighted by atomic mass is 10.6. The Morgan fingerprint density at radius 1 is 1.67 bits per heavy atom. The quantitative estimate of drug-likeness (QED) is 0.596. The standard InChI is InChI=1S/C5H12N2OS/c1-7(2)4-3-5-9(6)8/h3,5H,4,6H2,1-2H3/b5-3+. The topological polar surface area (TPSA) is 46.3 Å². The first-order valence-electron chi connectivity index (χ1n) is 2.59. The third kappa shape index (κ3) is 7.81. The fourth-order valence-corrected chi connectivity index (χ4v) is 0.624. The monoisotopic (exact) mass is 148 g/mol. The predicted molar refractivity (Wildman–Crippen MR) is 40.0 cm³/mol. The van der Waals surface area contributed by atoms with E-state index in [0.717, 1.165) is 6.54 Å². The summed E-state index contributed by atoms with van der Waals surface area (Å²) < 4.78 is 10.2. The fourth-order valence-electron chi connectivity index (χ4n) is 0.349. The van der Waals surface area contributed by atoms with Crippen molar-refractivity contribution < 1.29 is 4.21 Å². The summed E-state index contributed by atoms with van der Waals surface area (Å²) in [6, 6.07) is 0. The van der Waals surface area contributed by atoms with Crippen molar-refractivity contribution in [3.8, 4) is 0 Å². The molecule has 0 aliphatic heterocycles. The van der Waals surface area contributed by atoms with Crippen LogP contribution in [0.5, 0.6) is 0 Å². The lowest BCUT2D eigenvalue weighted by Crippen LogP contribution is -2.11. The van der Waals surface area contributed by atoms with Gasteiger partial charge in [0, 0.05) is 12.0 Å². The van der Waals surface area contributed by atoms with Crippen LogP contribution in [0.4, 0.5) is 0 Å². The Morgan fingerprint density at radius 3 is 2.56 bits per heavy atom. The van der Waals surface area contributed by atoms with Crippen molar-refractivity contribution in [2.75, 3.05) is 20.6 Å². The molecule has 0 heterocycles. The normalized spacial score (nSPS) is 15.1. The molecule has 9 heavy (non-hydrogen) atoms. The zero-order valence-electron chi connectivity index (χ0n) is 5.70. The van der Waals surface area contributed by atoms with Gasteiger partial charge in [-0.1, -0.05) is 6.08 Å². The first-order chi connectivity index (χ1) is 4.13. The van der Waals surface area contributed by atoms with Gasteiger partial charge in [-0.3, -0.25) is 0 Å². The van der Waals surface area contributed by atoms with Gasteiger partial charge in [-0.15, -0.1) is 0 Å². The van der Waals surface area contributed by atoms with E-state index in [2.05, 4.69) is 0 Å². The number of rotatable bonds is 3. The lowest BCUT2D eigenvalue weighted by Gasteiger charge is -2.02. The maximum atomic E-state index is 10.2. The van der Waals surface area contributed by atoms with Crippen molar-refractivity contribution in [2.24, 2.45) is 5.14 Å². The van der Waals surface area contributed by atoms with Crippen molar-refractivity contribution in [3.05, 3.63) is 11.5 Å². The summed E-state index contributed by atoms with van der Waals surface area (Å²) in [5.74, 6) is 0. The molecular weight excluding hydrogens is 136 g/mol. The second-order valence-electron chi connectivity index (χ2n) is 1.96. The van der Waals surface area contributed by atoms with Crippen LogP contribution in [-0.2, 0) is 11.0 Å². The molecule has 4 heteroatoms. The molecule has 0 saturated heterocycles. The van der Waals surface area contributed by atoms with Crippen LogP contribution in [0.3, 0.4) is 0 Å². The molecule has 0 saturated carbocycles. The molecule has 0 bridgehead atoms. The summed E-state index contributed by atoms with van der Waals surface area (Å²) in [5.41, 5.74) is 0. The first-order valence-corrected chi connectivity index (χ1v) is 3.87. The molecule has 0 aliphatic carbocycles. The molecule has 0 aromatic rings. The van der Waals surface area contributed by atoms with Gasteiger partial charge in [-0.2, -0.15) is 0 Å². The van der Waals surface area contributed by atoms with Gasteiger partial charge in [0.2, 0.25) is 0 Å². The number of hydrogen-bond acceptors (Lipinski definition) is 2. The van der Waals surface area contributed by atoms with Crippen LogP contribution in [0.2, 0.25) is 0 Å². The SMILES string of the molecule is CN(C)C/C=C/S(N)=O. The van der Waals surface area contributed by atoms with E-state index in [1.165, 1.54) is 5.41 Å². The third-order valence-corrected chi connectivity index (χ3v) is 1.16. The highest BCUT2D eigenvalue weighted by molar-refractivity contribution is 7.85. The predicted octanol–water partition coefficient (Wildman–Crippen LogP) is -0.316. The minimum atomic E-state index is -1.29. The van der Waals surface area contributed by atoms with E-state index in [0.29, 0.717) is 0 Å². The Labute approximate surface area is 58.1 Å². The molecule has 0 spiro atoms. The molecule has 1 unspecified atom stereocenters. The molecule has 0 aromatic heterocycles. The van der Waals surface area contributed by atoms with Gasteiger partial charge < -0.3 is 4.90 Å². The largest absolute Gasteiger partial charge is 0.306 e. The van der Waals surface area contributed by atoms with E-state index in [9.17, 15) is 4.21 Å². The second kappa shape index (κ2) is 4.67. The summed E-state index contributed by atoms with van der Waals surface area (Å²) in [6.45, 7) is 0.781. The van der Waals surface area contributed by atoms with E-state index in [-0.39, 0.29) is 0 Å². The van der Waals surface area contributed by atoms with Gasteiger partial charge in [-0.25, -0.2) is 9.35 Å². The Balaban J connectivity index is 3.36. The highest BCUT2D eigenvalue weighted by Crippen LogP contribution is 1.77. The fraction of sp³-hybridized carbons (Fsp3) is 0.600. The summed E-state index contributed by atoms with van der Waals surface area (Å²) >= 11 is 0. The van der Waals surface area contributed by atoms with Gasteiger partial charge in [0.1, 0.15) is 11.0 Å². The van der Waals surface area contributed by atoms with E-state index >= 15 is 0 Å². The van der Waals surface area contributed by atoms with Crippen LogP contribution < -0.4 is 5.14 Å². The van der Waals surface area contributed by atoms with Crippen molar-refractivity contribution in [1.29, 1.82) is 0 Å². The van der Waals surface area contributed by atoms with Gasteiger partial charge in [0.15, 0.2) is 0 Å². The van der Waals surface area contributed by atoms with E-state index in [4.69, 9.17) is 5.14 Å². The van der Waals surface area contributed by atoms with Crippen molar-refractivity contribution >= 4 is 11.0 Å². The van der Waals surface area contributed by atoms with Gasteiger partial charge >= 0.3 is 0 Å². The zero-order valence-corrected chi connectivity index (χ0v) is 6.52. The maximum absolute atomic E-state index is 10.2. The maximum Gasteiger partial charge on any atom is 0.114 e. The van der Waals surface area contributed by atoms with E-state index < -0.39 is 11.0 Å². The van der Waals surface area contributed by atoms with Crippen LogP contribution in [0, 0.1) is 0 Å². The van der Waals surface area contributed by atoms with Crippen molar-refractivity contribution in [3.63, 3.8) is 0 Å².